The van der Waals surface area contributed by atoms with Crippen LogP contribution in [-0.4, -0.2) is 47.2 Å². The normalized spacial score (nSPS) is 18.5. The van der Waals surface area contributed by atoms with Crippen LogP contribution in [0.15, 0.2) is 40.3 Å². The van der Waals surface area contributed by atoms with Crippen LogP contribution in [0.3, 0.4) is 0 Å². The number of thioether (sulfide) groups is 1. The van der Waals surface area contributed by atoms with Crippen molar-refractivity contribution in [1.29, 1.82) is 0 Å². The van der Waals surface area contributed by atoms with Crippen LogP contribution in [0.5, 0.6) is 0 Å². The second kappa shape index (κ2) is 9.65. The molecule has 2 aliphatic rings. The summed E-state index contributed by atoms with van der Waals surface area (Å²) >= 11 is 3.67. The van der Waals surface area contributed by atoms with Crippen molar-refractivity contribution in [2.45, 2.75) is 49.5 Å². The maximum Gasteiger partial charge on any atom is 0.289 e. The van der Waals surface area contributed by atoms with E-state index in [0.717, 1.165) is 53.5 Å². The van der Waals surface area contributed by atoms with Crippen LogP contribution < -0.4 is 4.90 Å². The number of rotatable bonds is 5. The molecule has 0 radical (unpaired) electrons. The van der Waals surface area contributed by atoms with Crippen molar-refractivity contribution in [3.63, 3.8) is 0 Å². The summed E-state index contributed by atoms with van der Waals surface area (Å²) in [6, 6.07) is 8.10. The van der Waals surface area contributed by atoms with E-state index >= 15 is 0 Å². The Morgan fingerprint density at radius 3 is 2.81 bits per heavy atom. The molecule has 0 atom stereocenters. The molecule has 2 aromatic heterocycles. The maximum absolute atomic E-state index is 13.6. The first-order chi connectivity index (χ1) is 15.3. The second-order valence-corrected chi connectivity index (χ2v) is 10.6. The van der Waals surface area contributed by atoms with Crippen molar-refractivity contribution in [2.75, 3.05) is 31.1 Å². The fourth-order valence-electron chi connectivity index (χ4n) is 4.68. The molecule has 3 heterocycles. The van der Waals surface area contributed by atoms with E-state index < -0.39 is 0 Å². The van der Waals surface area contributed by atoms with Gasteiger partial charge in [0.25, 0.3) is 5.91 Å². The van der Waals surface area contributed by atoms with Gasteiger partial charge in [0.1, 0.15) is 5.58 Å². The Kier molecular flexibility index (Phi) is 6.50. The molecule has 1 amide bonds. The predicted octanol–water partition coefficient (Wildman–Crippen LogP) is 5.81. The number of hydrogen-bond donors (Lipinski definition) is 0. The first-order valence-corrected chi connectivity index (χ1v) is 13.3. The van der Waals surface area contributed by atoms with Crippen molar-refractivity contribution in [1.82, 2.24) is 9.88 Å². The van der Waals surface area contributed by atoms with E-state index in [1.54, 1.807) is 11.3 Å². The van der Waals surface area contributed by atoms with Gasteiger partial charge in [0.2, 0.25) is 0 Å². The summed E-state index contributed by atoms with van der Waals surface area (Å²) in [5.41, 5.74) is 1.90. The lowest BCUT2D eigenvalue weighted by Gasteiger charge is -2.22. The Morgan fingerprint density at radius 2 is 1.97 bits per heavy atom. The molecule has 5 rings (SSSR count). The molecule has 0 N–H and O–H groups in total. The van der Waals surface area contributed by atoms with Gasteiger partial charge in [-0.3, -0.25) is 4.79 Å². The number of para-hydroxylation sites is 1. The third kappa shape index (κ3) is 4.62. The SMILES string of the molecule is O=C(c1oc2ccccc2c1CSC1CCCCC1)N1CCCN(c2nccs2)CC1. The van der Waals surface area contributed by atoms with Crippen LogP contribution in [0.4, 0.5) is 5.13 Å². The number of aromatic nitrogens is 1. The van der Waals surface area contributed by atoms with E-state index in [0.29, 0.717) is 17.6 Å². The molecule has 164 valence electrons. The van der Waals surface area contributed by atoms with Crippen molar-refractivity contribution in [2.24, 2.45) is 0 Å². The number of amides is 1. The highest BCUT2D eigenvalue weighted by atomic mass is 32.2. The zero-order valence-electron chi connectivity index (χ0n) is 17.8. The zero-order chi connectivity index (χ0) is 21.0. The Labute approximate surface area is 191 Å². The molecule has 0 spiro atoms. The first-order valence-electron chi connectivity index (χ1n) is 11.4. The molecule has 1 saturated carbocycles. The molecule has 1 aliphatic heterocycles. The monoisotopic (exact) mass is 455 g/mol. The number of fused-ring (bicyclic) bond motifs is 1. The Hall–Kier alpha value is -1.99. The summed E-state index contributed by atoms with van der Waals surface area (Å²) in [6.45, 7) is 3.20. The summed E-state index contributed by atoms with van der Waals surface area (Å²) < 4.78 is 6.17. The Morgan fingerprint density at radius 1 is 1.10 bits per heavy atom. The summed E-state index contributed by atoms with van der Waals surface area (Å²) in [5, 5.41) is 4.85. The molecule has 3 aromatic rings. The predicted molar refractivity (Wildman–Crippen MR) is 129 cm³/mol. The second-order valence-electron chi connectivity index (χ2n) is 8.42. The van der Waals surface area contributed by atoms with Crippen LogP contribution in [-0.2, 0) is 5.75 Å². The average Bonchev–Trinajstić information content (AvgIpc) is 3.40. The highest BCUT2D eigenvalue weighted by molar-refractivity contribution is 7.99. The molecule has 0 unspecified atom stereocenters. The number of carbonyl (C=O) groups excluding carboxylic acids is 1. The van der Waals surface area contributed by atoms with Crippen LogP contribution >= 0.6 is 23.1 Å². The van der Waals surface area contributed by atoms with Gasteiger partial charge in [0.05, 0.1) is 0 Å². The first kappa shape index (κ1) is 20.9. The maximum atomic E-state index is 13.6. The number of carbonyl (C=O) groups is 1. The van der Waals surface area contributed by atoms with Crippen LogP contribution in [0.1, 0.15) is 54.6 Å². The fourth-order valence-corrected chi connectivity index (χ4v) is 6.73. The third-order valence-electron chi connectivity index (χ3n) is 6.38. The number of anilines is 1. The smallest absolute Gasteiger partial charge is 0.289 e. The summed E-state index contributed by atoms with van der Waals surface area (Å²) in [5.74, 6) is 1.44. The lowest BCUT2D eigenvalue weighted by Crippen LogP contribution is -2.35. The minimum Gasteiger partial charge on any atom is -0.451 e. The van der Waals surface area contributed by atoms with E-state index in [1.165, 1.54) is 32.1 Å². The minimum absolute atomic E-state index is 0.0384. The molecule has 1 aromatic carbocycles. The Balaban J connectivity index is 1.35. The standard InChI is InChI=1S/C24H29N3O2S2/c28-23(26-12-6-13-27(15-14-26)24-25-11-16-30-24)22-20(17-31-18-7-2-1-3-8-18)19-9-4-5-10-21(19)29-22/h4-5,9-11,16,18H,1-3,6-8,12-15,17H2. The van der Waals surface area contributed by atoms with E-state index in [4.69, 9.17) is 4.42 Å². The van der Waals surface area contributed by atoms with Gasteiger partial charge in [0, 0.05) is 59.7 Å². The van der Waals surface area contributed by atoms with E-state index in [-0.39, 0.29) is 5.91 Å². The molecule has 31 heavy (non-hydrogen) atoms. The van der Waals surface area contributed by atoms with Gasteiger partial charge in [-0.2, -0.15) is 11.8 Å². The van der Waals surface area contributed by atoms with Gasteiger partial charge >= 0.3 is 0 Å². The van der Waals surface area contributed by atoms with Crippen molar-refractivity contribution >= 4 is 45.1 Å². The minimum atomic E-state index is 0.0384. The molecular weight excluding hydrogens is 426 g/mol. The number of nitrogens with zero attached hydrogens (tertiary/aromatic N) is 3. The largest absolute Gasteiger partial charge is 0.451 e. The average molecular weight is 456 g/mol. The van der Waals surface area contributed by atoms with Crippen molar-refractivity contribution in [3.05, 3.63) is 47.2 Å². The number of hydrogen-bond acceptors (Lipinski definition) is 6. The van der Waals surface area contributed by atoms with Crippen LogP contribution in [0.25, 0.3) is 11.0 Å². The van der Waals surface area contributed by atoms with Crippen molar-refractivity contribution < 1.29 is 9.21 Å². The van der Waals surface area contributed by atoms with E-state index in [2.05, 4.69) is 16.0 Å². The molecule has 7 heteroatoms. The fraction of sp³-hybridized carbons (Fsp3) is 0.500. The van der Waals surface area contributed by atoms with Crippen LogP contribution in [0.2, 0.25) is 0 Å². The number of thiazole rings is 1. The summed E-state index contributed by atoms with van der Waals surface area (Å²) in [7, 11) is 0. The molecule has 0 bridgehead atoms. The van der Waals surface area contributed by atoms with Crippen molar-refractivity contribution in [3.8, 4) is 0 Å². The quantitative estimate of drug-likeness (QED) is 0.486. The molecular formula is C24H29N3O2S2. The summed E-state index contributed by atoms with van der Waals surface area (Å²) in [4.78, 5) is 22.3. The van der Waals surface area contributed by atoms with Gasteiger partial charge in [-0.15, -0.1) is 11.3 Å². The van der Waals surface area contributed by atoms with Gasteiger partial charge in [-0.05, 0) is 25.3 Å². The van der Waals surface area contributed by atoms with Gasteiger partial charge in [0.15, 0.2) is 10.9 Å². The highest BCUT2D eigenvalue weighted by Crippen LogP contribution is 2.35. The van der Waals surface area contributed by atoms with Gasteiger partial charge < -0.3 is 14.2 Å². The zero-order valence-corrected chi connectivity index (χ0v) is 19.4. The molecule has 2 fully saturated rings. The van der Waals surface area contributed by atoms with Gasteiger partial charge in [-0.25, -0.2) is 4.98 Å². The Bertz CT molecular complexity index is 1010. The summed E-state index contributed by atoms with van der Waals surface area (Å²) in [6.07, 6.45) is 9.40. The number of benzene rings is 1. The van der Waals surface area contributed by atoms with E-state index in [1.807, 2.05) is 46.4 Å². The molecule has 1 aliphatic carbocycles. The van der Waals surface area contributed by atoms with Gasteiger partial charge in [-0.1, -0.05) is 37.5 Å². The van der Waals surface area contributed by atoms with Crippen LogP contribution in [0, 0.1) is 0 Å². The number of furan rings is 1. The molecule has 1 saturated heterocycles. The van der Waals surface area contributed by atoms with E-state index in [9.17, 15) is 4.79 Å². The topological polar surface area (TPSA) is 49.6 Å². The lowest BCUT2D eigenvalue weighted by atomic mass is 10.0. The highest BCUT2D eigenvalue weighted by Gasteiger charge is 2.28. The third-order valence-corrected chi connectivity index (χ3v) is 8.61. The molecule has 5 nitrogen and oxygen atoms in total. The lowest BCUT2D eigenvalue weighted by molar-refractivity contribution is 0.0736.